The number of benzene rings is 3. The van der Waals surface area contributed by atoms with Crippen molar-refractivity contribution in [2.75, 3.05) is 26.2 Å². The normalized spacial score (nSPS) is 17.9. The lowest BCUT2D eigenvalue weighted by molar-refractivity contribution is 0.183. The van der Waals surface area contributed by atoms with E-state index in [1.807, 2.05) is 0 Å². The van der Waals surface area contributed by atoms with Gasteiger partial charge in [-0.3, -0.25) is 4.90 Å². The fraction of sp³-hybridized carbons (Fsp3) is 0.375. The maximum Gasteiger partial charge on any atom is 0.150 e. The first-order valence-electron chi connectivity index (χ1n) is 12.6. The smallest absolute Gasteiger partial charge is 0.150 e. The van der Waals surface area contributed by atoms with E-state index in [0.29, 0.717) is 0 Å². The molecule has 2 aliphatic rings. The molecule has 2 aliphatic heterocycles. The van der Waals surface area contributed by atoms with Gasteiger partial charge in [0.05, 0.1) is 0 Å². The Morgan fingerprint density at radius 3 is 2.23 bits per heavy atom. The molecule has 3 heteroatoms. The molecule has 0 radical (unpaired) electrons. The molecule has 3 nitrogen and oxygen atoms in total. The van der Waals surface area contributed by atoms with Crippen molar-refractivity contribution in [3.63, 3.8) is 0 Å². The maximum atomic E-state index is 6.66. The van der Waals surface area contributed by atoms with Crippen molar-refractivity contribution in [1.29, 1.82) is 0 Å². The van der Waals surface area contributed by atoms with Gasteiger partial charge in [0.15, 0.2) is 0 Å². The Balaban J connectivity index is 0.00000289. The summed E-state index contributed by atoms with van der Waals surface area (Å²) >= 11 is 0. The largest absolute Gasteiger partial charge is 0.492 e. The molecule has 0 unspecified atom stereocenters. The maximum absolute atomic E-state index is 6.66. The van der Waals surface area contributed by atoms with Crippen LogP contribution in [0, 0.1) is 13.8 Å². The first-order valence-corrected chi connectivity index (χ1v) is 12.6. The highest BCUT2D eigenvalue weighted by atomic mass is 16.5. The Morgan fingerprint density at radius 2 is 1.51 bits per heavy atom. The zero-order valence-electron chi connectivity index (χ0n) is 20.6. The van der Waals surface area contributed by atoms with Gasteiger partial charge >= 0.3 is 0 Å². The monoisotopic (exact) mass is 469 g/mol. The highest BCUT2D eigenvalue weighted by molar-refractivity contribution is 5.95. The molecule has 1 fully saturated rings. The second-order valence-corrected chi connectivity index (χ2v) is 9.72. The second-order valence-electron chi connectivity index (χ2n) is 9.72. The van der Waals surface area contributed by atoms with Gasteiger partial charge in [-0.15, -0.1) is 0 Å². The first kappa shape index (κ1) is 25.1. The molecule has 3 aromatic carbocycles. The van der Waals surface area contributed by atoms with Crippen LogP contribution in [0.3, 0.4) is 0 Å². The summed E-state index contributed by atoms with van der Waals surface area (Å²) < 4.78 is 12.7. The van der Waals surface area contributed by atoms with Crippen molar-refractivity contribution in [3.8, 4) is 11.5 Å². The van der Waals surface area contributed by atoms with Gasteiger partial charge in [0.1, 0.15) is 24.2 Å². The fourth-order valence-electron chi connectivity index (χ4n) is 5.11. The van der Waals surface area contributed by atoms with Gasteiger partial charge in [-0.1, -0.05) is 67.9 Å². The fourth-order valence-corrected chi connectivity index (χ4v) is 5.11. The molecule has 0 saturated carbocycles. The van der Waals surface area contributed by atoms with E-state index in [4.69, 9.17) is 9.47 Å². The first-order chi connectivity index (χ1) is 16.6. The summed E-state index contributed by atoms with van der Waals surface area (Å²) in [6.45, 7) is 10.6. The lowest BCUT2D eigenvalue weighted by Gasteiger charge is -2.31. The topological polar surface area (TPSA) is 21.7 Å². The van der Waals surface area contributed by atoms with Gasteiger partial charge in [-0.05, 0) is 87.2 Å². The SMILES string of the molecule is C.CC1=C(c2ccc(C)cc2)[C@H](c2ccc(OCCN3CCCCC3)cc2)Oc2cc(C)ccc21. The van der Waals surface area contributed by atoms with E-state index in [0.717, 1.165) is 30.2 Å². The molecule has 184 valence electrons. The number of fused-ring (bicyclic) bond motifs is 1. The van der Waals surface area contributed by atoms with Crippen molar-refractivity contribution < 1.29 is 9.47 Å². The van der Waals surface area contributed by atoms with Crippen molar-refractivity contribution in [1.82, 2.24) is 4.90 Å². The highest BCUT2D eigenvalue weighted by Crippen LogP contribution is 2.46. The molecule has 2 heterocycles. The zero-order chi connectivity index (χ0) is 23.5. The Morgan fingerprint density at radius 1 is 0.829 bits per heavy atom. The zero-order valence-corrected chi connectivity index (χ0v) is 20.6. The van der Waals surface area contributed by atoms with Gasteiger partial charge < -0.3 is 9.47 Å². The molecule has 1 saturated heterocycles. The predicted octanol–water partition coefficient (Wildman–Crippen LogP) is 7.87. The minimum atomic E-state index is -0.153. The molecular formula is C32H39NO2. The number of hydrogen-bond acceptors (Lipinski definition) is 3. The van der Waals surface area contributed by atoms with E-state index in [1.165, 1.54) is 65.8 Å². The Kier molecular flexibility index (Phi) is 7.97. The van der Waals surface area contributed by atoms with E-state index < -0.39 is 0 Å². The highest BCUT2D eigenvalue weighted by Gasteiger charge is 2.29. The number of likely N-dealkylation sites (tertiary alicyclic amines) is 1. The average Bonchev–Trinajstić information content (AvgIpc) is 2.86. The molecule has 0 amide bonds. The molecule has 0 spiro atoms. The molecule has 0 aromatic heterocycles. The van der Waals surface area contributed by atoms with Crippen molar-refractivity contribution in [2.24, 2.45) is 0 Å². The third-order valence-corrected chi connectivity index (χ3v) is 7.12. The van der Waals surface area contributed by atoms with Crippen LogP contribution in [0.15, 0.2) is 66.7 Å². The van der Waals surface area contributed by atoms with Crippen LogP contribution in [-0.2, 0) is 0 Å². The van der Waals surface area contributed by atoms with Gasteiger partial charge in [-0.2, -0.15) is 0 Å². The van der Waals surface area contributed by atoms with E-state index in [-0.39, 0.29) is 13.5 Å². The summed E-state index contributed by atoms with van der Waals surface area (Å²) in [7, 11) is 0. The van der Waals surface area contributed by atoms with Gasteiger partial charge in [0.2, 0.25) is 0 Å². The molecule has 1 atom stereocenters. The van der Waals surface area contributed by atoms with E-state index >= 15 is 0 Å². The number of rotatable bonds is 6. The quantitative estimate of drug-likeness (QED) is 0.367. The van der Waals surface area contributed by atoms with Crippen LogP contribution < -0.4 is 9.47 Å². The van der Waals surface area contributed by atoms with Crippen LogP contribution in [0.1, 0.15) is 67.5 Å². The van der Waals surface area contributed by atoms with E-state index in [2.05, 4.69) is 92.4 Å². The van der Waals surface area contributed by atoms with Crippen LogP contribution in [0.4, 0.5) is 0 Å². The minimum absolute atomic E-state index is 0. The number of ether oxygens (including phenoxy) is 2. The molecule has 3 aromatic rings. The van der Waals surface area contributed by atoms with Crippen LogP contribution >= 0.6 is 0 Å². The number of aryl methyl sites for hydroxylation is 2. The molecule has 0 aliphatic carbocycles. The number of hydrogen-bond donors (Lipinski definition) is 0. The van der Waals surface area contributed by atoms with Crippen molar-refractivity contribution in [3.05, 3.63) is 94.5 Å². The van der Waals surface area contributed by atoms with Crippen LogP contribution in [-0.4, -0.2) is 31.1 Å². The lowest BCUT2D eigenvalue weighted by atomic mass is 9.85. The lowest BCUT2D eigenvalue weighted by Crippen LogP contribution is -2.33. The number of nitrogens with zero attached hydrogens (tertiary/aromatic N) is 1. The Labute approximate surface area is 211 Å². The Bertz CT molecular complexity index is 1160. The van der Waals surface area contributed by atoms with Crippen molar-refractivity contribution in [2.45, 2.75) is 53.6 Å². The predicted molar refractivity (Wildman–Crippen MR) is 147 cm³/mol. The van der Waals surface area contributed by atoms with Gasteiger partial charge in [0.25, 0.3) is 0 Å². The summed E-state index contributed by atoms with van der Waals surface area (Å²) in [5.41, 5.74) is 8.51. The van der Waals surface area contributed by atoms with Crippen molar-refractivity contribution >= 4 is 11.1 Å². The molecular weight excluding hydrogens is 430 g/mol. The third kappa shape index (κ3) is 5.62. The standard InChI is InChI=1S/C31H35NO2.CH4/c1-22-7-10-25(11-8-22)30-24(3)28-16-9-23(2)21-29(28)34-31(30)26-12-14-27(15-13-26)33-20-19-32-17-5-4-6-18-32;/h7-16,21,31H,4-6,17-20H2,1-3H3;1H4/t31-;/m0./s1. The summed E-state index contributed by atoms with van der Waals surface area (Å²) in [5, 5.41) is 0. The Hall–Kier alpha value is -3.04. The molecule has 0 bridgehead atoms. The summed E-state index contributed by atoms with van der Waals surface area (Å²) in [4.78, 5) is 2.51. The minimum Gasteiger partial charge on any atom is -0.492 e. The van der Waals surface area contributed by atoms with Crippen LogP contribution in [0.5, 0.6) is 11.5 Å². The van der Waals surface area contributed by atoms with Crippen LogP contribution in [0.25, 0.3) is 11.1 Å². The van der Waals surface area contributed by atoms with Gasteiger partial charge in [-0.25, -0.2) is 0 Å². The summed E-state index contributed by atoms with van der Waals surface area (Å²) in [6, 6.07) is 23.8. The number of allylic oxidation sites excluding steroid dienone is 1. The molecule has 35 heavy (non-hydrogen) atoms. The van der Waals surface area contributed by atoms with E-state index in [1.54, 1.807) is 0 Å². The molecule has 5 rings (SSSR count). The summed E-state index contributed by atoms with van der Waals surface area (Å²) in [6.07, 6.45) is 3.84. The third-order valence-electron chi connectivity index (χ3n) is 7.12. The number of piperidine rings is 1. The average molecular weight is 470 g/mol. The molecule has 0 N–H and O–H groups in total. The van der Waals surface area contributed by atoms with E-state index in [9.17, 15) is 0 Å². The second kappa shape index (κ2) is 11.1. The van der Waals surface area contributed by atoms with Gasteiger partial charge in [0, 0.05) is 17.7 Å². The van der Waals surface area contributed by atoms with Crippen LogP contribution in [0.2, 0.25) is 0 Å². The summed E-state index contributed by atoms with van der Waals surface area (Å²) in [5.74, 6) is 1.88.